The number of aliphatic hydroxyl groups excluding tert-OH is 1. The van der Waals surface area contributed by atoms with E-state index < -0.39 is 0 Å². The minimum atomic E-state index is -0.343. The quantitative estimate of drug-likeness (QED) is 0.863. The Labute approximate surface area is 99.6 Å². The summed E-state index contributed by atoms with van der Waals surface area (Å²) in [5.41, 5.74) is 0.599. The van der Waals surface area contributed by atoms with E-state index in [0.717, 1.165) is 19.4 Å². The summed E-state index contributed by atoms with van der Waals surface area (Å²) in [5, 5.41) is 9.68. The number of halogens is 2. The predicted molar refractivity (Wildman–Crippen MR) is 61.9 cm³/mol. The second-order valence-corrected chi connectivity index (χ2v) is 4.65. The first-order chi connectivity index (χ1) is 7.66. The number of hydrogen-bond donors (Lipinski definition) is 1. The summed E-state index contributed by atoms with van der Waals surface area (Å²) >= 11 is 5.72. The highest BCUT2D eigenvalue weighted by atomic mass is 35.5. The Hall–Kier alpha value is -0.640. The highest BCUT2D eigenvalue weighted by molar-refractivity contribution is 6.30. The van der Waals surface area contributed by atoms with Crippen molar-refractivity contribution in [3.05, 3.63) is 34.6 Å². The monoisotopic (exact) mass is 243 g/mol. The summed E-state index contributed by atoms with van der Waals surface area (Å²) in [6.07, 6.45) is 1.52. The molecule has 4 heteroatoms. The topological polar surface area (TPSA) is 23.5 Å². The molecule has 16 heavy (non-hydrogen) atoms. The third kappa shape index (κ3) is 2.73. The molecule has 1 fully saturated rings. The average molecular weight is 244 g/mol. The zero-order valence-electron chi connectivity index (χ0n) is 9.00. The summed E-state index contributed by atoms with van der Waals surface area (Å²) < 4.78 is 13.6. The summed E-state index contributed by atoms with van der Waals surface area (Å²) in [6.45, 7) is 2.04. The molecule has 0 spiro atoms. The number of hydrogen-bond acceptors (Lipinski definition) is 2. The van der Waals surface area contributed by atoms with Crippen LogP contribution in [0.2, 0.25) is 5.02 Å². The molecule has 2 nitrogen and oxygen atoms in total. The van der Waals surface area contributed by atoms with Gasteiger partial charge >= 0.3 is 0 Å². The number of nitrogens with zero attached hydrogens (tertiary/aromatic N) is 1. The Bertz CT molecular complexity index is 372. The van der Waals surface area contributed by atoms with E-state index in [4.69, 9.17) is 11.6 Å². The maximum atomic E-state index is 13.6. The molecule has 1 N–H and O–H groups in total. The van der Waals surface area contributed by atoms with E-state index in [1.54, 1.807) is 18.2 Å². The minimum absolute atomic E-state index is 0.162. The molecule has 1 heterocycles. The van der Waals surface area contributed by atoms with Gasteiger partial charge in [0.1, 0.15) is 5.82 Å². The number of β-amino-alcohol motifs (C(OH)–C–C–N with tert-alkyl or cyclic N) is 1. The lowest BCUT2D eigenvalue weighted by Gasteiger charge is -2.30. The third-order valence-electron chi connectivity index (χ3n) is 2.91. The van der Waals surface area contributed by atoms with Crippen LogP contribution in [-0.2, 0) is 6.54 Å². The molecule has 0 saturated carbocycles. The lowest BCUT2D eigenvalue weighted by Crippen LogP contribution is -2.37. The van der Waals surface area contributed by atoms with Crippen molar-refractivity contribution in [2.24, 2.45) is 0 Å². The Balaban J connectivity index is 2.05. The summed E-state index contributed by atoms with van der Waals surface area (Å²) in [7, 11) is 0. The van der Waals surface area contributed by atoms with Crippen LogP contribution in [0.5, 0.6) is 0 Å². The molecule has 1 aliphatic rings. The molecule has 0 bridgehead atoms. The van der Waals surface area contributed by atoms with Gasteiger partial charge in [-0.3, -0.25) is 4.90 Å². The number of benzene rings is 1. The molecule has 0 aromatic heterocycles. The molecule has 1 aliphatic heterocycles. The van der Waals surface area contributed by atoms with Gasteiger partial charge in [-0.2, -0.15) is 0 Å². The van der Waals surface area contributed by atoms with Gasteiger partial charge in [0.25, 0.3) is 0 Å². The highest BCUT2D eigenvalue weighted by Gasteiger charge is 2.19. The normalized spacial score (nSPS) is 22.3. The van der Waals surface area contributed by atoms with Gasteiger partial charge in [-0.1, -0.05) is 23.7 Å². The second kappa shape index (κ2) is 5.13. The Kier molecular flexibility index (Phi) is 3.79. The standard InChI is InChI=1S/C12H15ClFNO/c13-11-5-1-3-9(12(11)14)7-15-6-2-4-10(16)8-15/h1,3,5,10,16H,2,4,6-8H2/t10-/m1/s1. The molecule has 2 rings (SSSR count). The van der Waals surface area contributed by atoms with E-state index in [9.17, 15) is 9.50 Å². The van der Waals surface area contributed by atoms with Crippen molar-refractivity contribution in [2.75, 3.05) is 13.1 Å². The van der Waals surface area contributed by atoms with Crippen LogP contribution in [0.15, 0.2) is 18.2 Å². The van der Waals surface area contributed by atoms with Crippen molar-refractivity contribution >= 4 is 11.6 Å². The fourth-order valence-corrected chi connectivity index (χ4v) is 2.28. The van der Waals surface area contributed by atoms with E-state index in [-0.39, 0.29) is 16.9 Å². The Morgan fingerprint density at radius 2 is 2.31 bits per heavy atom. The van der Waals surface area contributed by atoms with Crippen molar-refractivity contribution in [1.82, 2.24) is 4.90 Å². The van der Waals surface area contributed by atoms with E-state index in [1.807, 2.05) is 0 Å². The van der Waals surface area contributed by atoms with Crippen molar-refractivity contribution in [3.8, 4) is 0 Å². The van der Waals surface area contributed by atoms with E-state index in [1.165, 1.54) is 0 Å². The Morgan fingerprint density at radius 3 is 3.06 bits per heavy atom. The summed E-state index contributed by atoms with van der Waals surface area (Å²) in [6, 6.07) is 5.04. The maximum absolute atomic E-state index is 13.6. The predicted octanol–water partition coefficient (Wildman–Crippen LogP) is 2.44. The van der Waals surface area contributed by atoms with Crippen LogP contribution in [-0.4, -0.2) is 29.2 Å². The van der Waals surface area contributed by atoms with Crippen LogP contribution in [0, 0.1) is 5.82 Å². The van der Waals surface area contributed by atoms with Crippen molar-refractivity contribution in [1.29, 1.82) is 0 Å². The molecule has 1 aromatic rings. The van der Waals surface area contributed by atoms with Crippen molar-refractivity contribution in [3.63, 3.8) is 0 Å². The summed E-state index contributed by atoms with van der Waals surface area (Å²) in [4.78, 5) is 2.06. The zero-order chi connectivity index (χ0) is 11.5. The lowest BCUT2D eigenvalue weighted by molar-refractivity contribution is 0.0663. The number of rotatable bonds is 2. The first-order valence-electron chi connectivity index (χ1n) is 5.50. The summed E-state index contributed by atoms with van der Waals surface area (Å²) in [5.74, 6) is -0.343. The second-order valence-electron chi connectivity index (χ2n) is 4.24. The molecule has 0 unspecified atom stereocenters. The lowest BCUT2D eigenvalue weighted by atomic mass is 10.1. The van der Waals surface area contributed by atoms with Crippen molar-refractivity contribution in [2.45, 2.75) is 25.5 Å². The van der Waals surface area contributed by atoms with E-state index in [0.29, 0.717) is 18.7 Å². The van der Waals surface area contributed by atoms with Crippen LogP contribution in [0.1, 0.15) is 18.4 Å². The fourth-order valence-electron chi connectivity index (χ4n) is 2.09. The van der Waals surface area contributed by atoms with Gasteiger partial charge in [0.05, 0.1) is 11.1 Å². The van der Waals surface area contributed by atoms with Crippen LogP contribution in [0.3, 0.4) is 0 Å². The third-order valence-corrected chi connectivity index (χ3v) is 3.20. The average Bonchev–Trinajstić information content (AvgIpc) is 2.25. The van der Waals surface area contributed by atoms with Gasteiger partial charge in [0.2, 0.25) is 0 Å². The van der Waals surface area contributed by atoms with Crippen molar-refractivity contribution < 1.29 is 9.50 Å². The molecule has 0 amide bonds. The number of piperidine rings is 1. The highest BCUT2D eigenvalue weighted by Crippen LogP contribution is 2.20. The largest absolute Gasteiger partial charge is 0.392 e. The molecule has 0 radical (unpaired) electrons. The zero-order valence-corrected chi connectivity index (χ0v) is 9.75. The van der Waals surface area contributed by atoms with Gasteiger partial charge < -0.3 is 5.11 Å². The SMILES string of the molecule is O[C@@H]1CCCN(Cc2cccc(Cl)c2F)C1. The van der Waals surface area contributed by atoms with Crippen LogP contribution in [0.25, 0.3) is 0 Å². The molecule has 1 saturated heterocycles. The number of likely N-dealkylation sites (tertiary alicyclic amines) is 1. The van der Waals surface area contributed by atoms with E-state index in [2.05, 4.69) is 4.90 Å². The molecule has 1 aromatic carbocycles. The smallest absolute Gasteiger partial charge is 0.146 e. The van der Waals surface area contributed by atoms with Crippen LogP contribution < -0.4 is 0 Å². The molecule has 0 aliphatic carbocycles. The first-order valence-corrected chi connectivity index (χ1v) is 5.88. The fraction of sp³-hybridized carbons (Fsp3) is 0.500. The van der Waals surface area contributed by atoms with Crippen LogP contribution >= 0.6 is 11.6 Å². The first kappa shape index (κ1) is 11.8. The van der Waals surface area contributed by atoms with Gasteiger partial charge in [-0.25, -0.2) is 4.39 Å². The van der Waals surface area contributed by atoms with E-state index >= 15 is 0 Å². The number of aliphatic hydroxyl groups is 1. The molecule has 88 valence electrons. The van der Waals surface area contributed by atoms with Crippen LogP contribution in [0.4, 0.5) is 4.39 Å². The molecular weight excluding hydrogens is 229 g/mol. The van der Waals surface area contributed by atoms with Gasteiger partial charge in [0.15, 0.2) is 0 Å². The van der Waals surface area contributed by atoms with Gasteiger partial charge in [0, 0.05) is 18.7 Å². The van der Waals surface area contributed by atoms with Gasteiger partial charge in [-0.15, -0.1) is 0 Å². The maximum Gasteiger partial charge on any atom is 0.146 e. The Morgan fingerprint density at radius 1 is 1.50 bits per heavy atom. The molecule has 1 atom stereocenters. The minimum Gasteiger partial charge on any atom is -0.392 e. The van der Waals surface area contributed by atoms with Gasteiger partial charge in [-0.05, 0) is 25.5 Å². The molecular formula is C12H15ClFNO.